The van der Waals surface area contributed by atoms with Crippen molar-refractivity contribution in [2.45, 2.75) is 38.1 Å². The lowest BCUT2D eigenvalue weighted by Crippen LogP contribution is -2.54. The zero-order valence-electron chi connectivity index (χ0n) is 18.9. The fraction of sp³-hybridized carbons (Fsp3) is 0.500. The van der Waals surface area contributed by atoms with E-state index in [9.17, 15) is 18.8 Å². The summed E-state index contributed by atoms with van der Waals surface area (Å²) in [5.41, 5.74) is 3.25. The maximum atomic E-state index is 14.7. The first-order chi connectivity index (χ1) is 16.5. The first-order valence-corrected chi connectivity index (χ1v) is 12.9. The second-order valence-corrected chi connectivity index (χ2v) is 10.1. The molecule has 2 amide bonds. The van der Waals surface area contributed by atoms with Crippen LogP contribution in [0.1, 0.15) is 45.6 Å². The Kier molecular flexibility index (Phi) is 6.69. The van der Waals surface area contributed by atoms with Crippen LogP contribution in [0.3, 0.4) is 0 Å². The Hall–Kier alpha value is -2.72. The van der Waals surface area contributed by atoms with Crippen molar-refractivity contribution in [3.63, 3.8) is 0 Å². The molecular weight excluding hydrogens is 457 g/mol. The molecule has 10 heteroatoms. The van der Waals surface area contributed by atoms with Gasteiger partial charge in [-0.1, -0.05) is 6.07 Å². The molecule has 180 valence electrons. The van der Waals surface area contributed by atoms with Crippen molar-refractivity contribution in [1.82, 2.24) is 25.3 Å². The van der Waals surface area contributed by atoms with E-state index in [4.69, 9.17) is 0 Å². The van der Waals surface area contributed by atoms with Crippen LogP contribution in [0.15, 0.2) is 23.0 Å². The van der Waals surface area contributed by atoms with Crippen molar-refractivity contribution >= 4 is 23.6 Å². The van der Waals surface area contributed by atoms with E-state index in [1.165, 1.54) is 6.07 Å². The number of fused-ring (bicyclic) bond motifs is 1. The molecule has 0 saturated carbocycles. The first-order valence-electron chi connectivity index (χ1n) is 11.8. The summed E-state index contributed by atoms with van der Waals surface area (Å²) in [5, 5.41) is 10.0. The van der Waals surface area contributed by atoms with Gasteiger partial charge in [0.2, 0.25) is 5.91 Å². The van der Waals surface area contributed by atoms with Crippen molar-refractivity contribution in [2.24, 2.45) is 0 Å². The first kappa shape index (κ1) is 23.0. The second kappa shape index (κ2) is 9.87. The van der Waals surface area contributed by atoms with E-state index in [2.05, 4.69) is 15.5 Å². The summed E-state index contributed by atoms with van der Waals surface area (Å²) in [6, 6.07) is 4.42. The number of aromatic nitrogens is 2. The summed E-state index contributed by atoms with van der Waals surface area (Å²) in [5.74, 6) is 0.695. The summed E-state index contributed by atoms with van der Waals surface area (Å²) >= 11 is 1.70. The average molecular weight is 486 g/mol. The predicted octanol–water partition coefficient (Wildman–Crippen LogP) is 1.33. The summed E-state index contributed by atoms with van der Waals surface area (Å²) in [6.45, 7) is 1.65. The molecular formula is C24H28FN5O3S. The normalized spacial score (nSPS) is 20.3. The van der Waals surface area contributed by atoms with Gasteiger partial charge in [-0.2, -0.15) is 5.10 Å². The van der Waals surface area contributed by atoms with Gasteiger partial charge in [0.25, 0.3) is 11.5 Å². The van der Waals surface area contributed by atoms with Crippen LogP contribution in [-0.2, 0) is 24.1 Å². The fourth-order valence-electron chi connectivity index (χ4n) is 4.99. The number of amides is 2. The van der Waals surface area contributed by atoms with Gasteiger partial charge in [0.1, 0.15) is 5.82 Å². The highest BCUT2D eigenvalue weighted by molar-refractivity contribution is 7.99. The number of halogens is 1. The number of rotatable bonds is 4. The largest absolute Gasteiger partial charge is 0.338 e. The lowest BCUT2D eigenvalue weighted by Gasteiger charge is -2.36. The molecule has 0 unspecified atom stereocenters. The topological polar surface area (TPSA) is 98.4 Å². The number of hydrogen-bond acceptors (Lipinski definition) is 6. The molecule has 2 aromatic rings. The molecule has 1 aromatic heterocycles. The van der Waals surface area contributed by atoms with Crippen LogP contribution in [0.4, 0.5) is 4.39 Å². The molecule has 3 aliphatic rings. The Balaban J connectivity index is 1.28. The third-order valence-corrected chi connectivity index (χ3v) is 7.85. The monoisotopic (exact) mass is 485 g/mol. The molecule has 5 rings (SSSR count). The van der Waals surface area contributed by atoms with Crippen molar-refractivity contribution in [2.75, 3.05) is 37.8 Å². The Morgan fingerprint density at radius 1 is 1.09 bits per heavy atom. The van der Waals surface area contributed by atoms with E-state index in [-0.39, 0.29) is 29.0 Å². The van der Waals surface area contributed by atoms with Crippen LogP contribution >= 0.6 is 11.8 Å². The summed E-state index contributed by atoms with van der Waals surface area (Å²) in [7, 11) is 0. The zero-order chi connectivity index (χ0) is 23.7. The van der Waals surface area contributed by atoms with Gasteiger partial charge < -0.3 is 9.80 Å². The van der Waals surface area contributed by atoms with E-state index in [1.807, 2.05) is 0 Å². The van der Waals surface area contributed by atoms with Gasteiger partial charge in [0.15, 0.2) is 0 Å². The van der Waals surface area contributed by atoms with Crippen LogP contribution in [0, 0.1) is 5.82 Å². The minimum absolute atomic E-state index is 0.0319. The van der Waals surface area contributed by atoms with Gasteiger partial charge in [-0.25, -0.2) is 9.49 Å². The molecule has 2 saturated heterocycles. The van der Waals surface area contributed by atoms with Gasteiger partial charge in [0, 0.05) is 49.8 Å². The fourth-order valence-corrected chi connectivity index (χ4v) is 5.92. The summed E-state index contributed by atoms with van der Waals surface area (Å²) in [4.78, 5) is 41.3. The maximum absolute atomic E-state index is 14.7. The van der Waals surface area contributed by atoms with Crippen LogP contribution in [0.5, 0.6) is 0 Å². The molecule has 1 aliphatic carbocycles. The van der Waals surface area contributed by atoms with Gasteiger partial charge in [-0.05, 0) is 48.9 Å². The highest BCUT2D eigenvalue weighted by atomic mass is 32.2. The van der Waals surface area contributed by atoms with Crippen LogP contribution in [-0.4, -0.2) is 75.7 Å². The van der Waals surface area contributed by atoms with Gasteiger partial charge in [0.05, 0.1) is 17.3 Å². The maximum Gasteiger partial charge on any atom is 0.267 e. The minimum atomic E-state index is -0.559. The van der Waals surface area contributed by atoms with Crippen molar-refractivity contribution < 1.29 is 14.0 Å². The highest BCUT2D eigenvalue weighted by Gasteiger charge is 2.31. The molecule has 2 fully saturated rings. The van der Waals surface area contributed by atoms with Crippen molar-refractivity contribution in [3.8, 4) is 0 Å². The van der Waals surface area contributed by atoms with E-state index >= 15 is 0 Å². The number of aromatic amines is 1. The Bertz CT molecular complexity index is 1160. The molecule has 2 aliphatic heterocycles. The summed E-state index contributed by atoms with van der Waals surface area (Å²) in [6.07, 6.45) is 3.99. The smallest absolute Gasteiger partial charge is 0.267 e. The quantitative estimate of drug-likeness (QED) is 0.678. The lowest BCUT2D eigenvalue weighted by atomic mass is 9.90. The number of nitrogens with one attached hydrogen (secondary N) is 2. The molecule has 34 heavy (non-hydrogen) atoms. The molecule has 0 spiro atoms. The Morgan fingerprint density at radius 3 is 2.56 bits per heavy atom. The molecule has 0 bridgehead atoms. The molecule has 2 N–H and O–H groups in total. The number of carbonyl (C=O) groups excluding carboxylic acids is 2. The van der Waals surface area contributed by atoms with Crippen LogP contribution in [0.25, 0.3) is 0 Å². The Morgan fingerprint density at radius 2 is 1.82 bits per heavy atom. The lowest BCUT2D eigenvalue weighted by molar-refractivity contribution is -0.134. The standard InChI is InChI=1S/C24H28FN5O3S/c25-19-6-5-15(12-20-16-3-1-2-4-17(16)22(31)28-27-20)11-18(19)23(32)29-7-9-30(10-8-29)24(33)21-13-34-14-26-21/h5-6,11,21,26H,1-4,7-10,12-14H2,(H,28,31)/t21-/m0/s1. The number of carbonyl (C=O) groups is 2. The molecule has 1 aromatic carbocycles. The average Bonchev–Trinajstić information content (AvgIpc) is 3.41. The Labute approximate surface area is 201 Å². The van der Waals surface area contributed by atoms with Crippen molar-refractivity contribution in [1.29, 1.82) is 0 Å². The number of hydrogen-bond donors (Lipinski definition) is 2. The SMILES string of the molecule is O=C(c1cc(Cc2n[nH]c(=O)c3c2CCCC3)ccc1F)N1CCN(C(=O)[C@@H]2CSCN2)CC1. The van der Waals surface area contributed by atoms with Gasteiger partial charge in [-0.3, -0.25) is 19.7 Å². The number of H-pyrrole nitrogens is 1. The second-order valence-electron chi connectivity index (χ2n) is 9.04. The summed E-state index contributed by atoms with van der Waals surface area (Å²) < 4.78 is 14.7. The molecule has 0 radical (unpaired) electrons. The van der Waals surface area contributed by atoms with Crippen LogP contribution in [0.2, 0.25) is 0 Å². The molecule has 8 nitrogen and oxygen atoms in total. The number of piperazine rings is 1. The number of nitrogens with zero attached hydrogens (tertiary/aromatic N) is 3. The molecule has 1 atom stereocenters. The van der Waals surface area contributed by atoms with E-state index in [0.29, 0.717) is 32.6 Å². The minimum Gasteiger partial charge on any atom is -0.338 e. The van der Waals surface area contributed by atoms with E-state index in [0.717, 1.165) is 59.7 Å². The van der Waals surface area contributed by atoms with E-state index < -0.39 is 5.82 Å². The third kappa shape index (κ3) is 4.61. The third-order valence-electron chi connectivity index (χ3n) is 6.91. The predicted molar refractivity (Wildman–Crippen MR) is 127 cm³/mol. The van der Waals surface area contributed by atoms with Crippen LogP contribution < -0.4 is 10.9 Å². The zero-order valence-corrected chi connectivity index (χ0v) is 19.8. The molecule has 3 heterocycles. The number of thioether (sulfide) groups is 1. The van der Waals surface area contributed by atoms with E-state index in [1.54, 1.807) is 33.7 Å². The highest BCUT2D eigenvalue weighted by Crippen LogP contribution is 2.23. The van der Waals surface area contributed by atoms with Gasteiger partial charge in [-0.15, -0.1) is 11.8 Å². The number of benzene rings is 1. The van der Waals surface area contributed by atoms with Crippen molar-refractivity contribution in [3.05, 3.63) is 62.3 Å². The van der Waals surface area contributed by atoms with Gasteiger partial charge >= 0.3 is 0 Å².